The van der Waals surface area contributed by atoms with E-state index in [0.29, 0.717) is 10.7 Å². The quantitative estimate of drug-likeness (QED) is 0.539. The second kappa shape index (κ2) is 4.48. The molecule has 0 spiro atoms. The summed E-state index contributed by atoms with van der Waals surface area (Å²) in [6, 6.07) is 4.28. The van der Waals surface area contributed by atoms with Gasteiger partial charge < -0.3 is 21.7 Å². The first-order valence-electron chi connectivity index (χ1n) is 4.13. The highest BCUT2D eigenvalue weighted by molar-refractivity contribution is 6.30. The van der Waals surface area contributed by atoms with Gasteiger partial charge in [0.1, 0.15) is 6.10 Å². The number of carbonyl (C=O) groups is 1. The Morgan fingerprint density at radius 3 is 2.40 bits per heavy atom. The minimum absolute atomic E-state index is 0.242. The van der Waals surface area contributed by atoms with E-state index in [9.17, 15) is 15.0 Å². The van der Waals surface area contributed by atoms with Gasteiger partial charge in [-0.1, -0.05) is 11.6 Å². The van der Waals surface area contributed by atoms with Gasteiger partial charge in [0.05, 0.1) is 0 Å². The third-order valence-electron chi connectivity index (χ3n) is 1.87. The van der Waals surface area contributed by atoms with Crippen molar-refractivity contribution in [3.05, 3.63) is 28.8 Å². The summed E-state index contributed by atoms with van der Waals surface area (Å²) in [5.74, 6) is -1.01. The van der Waals surface area contributed by atoms with Crippen molar-refractivity contribution in [2.24, 2.45) is 5.73 Å². The Balaban J connectivity index is 3.00. The molecule has 1 aromatic rings. The summed E-state index contributed by atoms with van der Waals surface area (Å²) in [4.78, 5) is 10.6. The first-order chi connectivity index (χ1) is 6.91. The molecule has 2 atom stereocenters. The Morgan fingerprint density at radius 1 is 1.33 bits per heavy atom. The molecule has 0 heterocycles. The van der Waals surface area contributed by atoms with E-state index in [-0.39, 0.29) is 5.56 Å². The highest BCUT2D eigenvalue weighted by Crippen LogP contribution is 2.23. The Bertz CT molecular complexity index is 363. The Morgan fingerprint density at radius 2 is 1.93 bits per heavy atom. The monoisotopic (exact) mass is 230 g/mol. The summed E-state index contributed by atoms with van der Waals surface area (Å²) in [6.07, 6.45) is -3.11. The van der Waals surface area contributed by atoms with Crippen LogP contribution in [0.4, 0.5) is 5.69 Å². The van der Waals surface area contributed by atoms with Crippen LogP contribution in [0.3, 0.4) is 0 Å². The van der Waals surface area contributed by atoms with E-state index in [0.717, 1.165) is 0 Å². The molecule has 0 fully saturated rings. The van der Waals surface area contributed by atoms with Crippen LogP contribution in [0.2, 0.25) is 5.02 Å². The lowest BCUT2D eigenvalue weighted by molar-refractivity contribution is -0.131. The van der Waals surface area contributed by atoms with Gasteiger partial charge in [0, 0.05) is 10.7 Å². The summed E-state index contributed by atoms with van der Waals surface area (Å²) >= 11 is 5.69. The predicted molar refractivity (Wildman–Crippen MR) is 56.0 cm³/mol. The fraction of sp³-hybridized carbons (Fsp3) is 0.222. The first kappa shape index (κ1) is 11.8. The van der Waals surface area contributed by atoms with Crippen LogP contribution in [-0.2, 0) is 4.79 Å². The zero-order valence-electron chi connectivity index (χ0n) is 7.72. The van der Waals surface area contributed by atoms with Gasteiger partial charge in [-0.3, -0.25) is 4.79 Å². The molecule has 0 aliphatic carbocycles. The third kappa shape index (κ3) is 2.82. The standard InChI is InChI=1S/C9H11ClN2O3/c10-5-1-4(2-6(11)3-5)7(13)8(14)9(12)15/h1-3,7-8,13-14H,11H2,(H2,12,15). The van der Waals surface area contributed by atoms with Crippen molar-refractivity contribution in [3.63, 3.8) is 0 Å². The normalized spacial score (nSPS) is 14.6. The van der Waals surface area contributed by atoms with E-state index in [1.807, 2.05) is 0 Å². The lowest BCUT2D eigenvalue weighted by Crippen LogP contribution is -2.33. The van der Waals surface area contributed by atoms with Gasteiger partial charge in [0.2, 0.25) is 5.91 Å². The lowest BCUT2D eigenvalue weighted by atomic mass is 10.0. The molecule has 82 valence electrons. The molecule has 0 aliphatic heterocycles. The fourth-order valence-electron chi connectivity index (χ4n) is 1.14. The molecule has 6 N–H and O–H groups in total. The average molecular weight is 231 g/mol. The third-order valence-corrected chi connectivity index (χ3v) is 2.09. The first-order valence-corrected chi connectivity index (χ1v) is 4.51. The van der Waals surface area contributed by atoms with Crippen molar-refractivity contribution in [3.8, 4) is 0 Å². The van der Waals surface area contributed by atoms with Gasteiger partial charge >= 0.3 is 0 Å². The minimum Gasteiger partial charge on any atom is -0.399 e. The van der Waals surface area contributed by atoms with Crippen LogP contribution in [0, 0.1) is 0 Å². The zero-order chi connectivity index (χ0) is 11.6. The van der Waals surface area contributed by atoms with Gasteiger partial charge in [-0.25, -0.2) is 0 Å². The second-order valence-corrected chi connectivity index (χ2v) is 3.55. The number of amides is 1. The number of nitrogen functional groups attached to an aromatic ring is 1. The van der Waals surface area contributed by atoms with E-state index in [1.54, 1.807) is 0 Å². The molecule has 2 unspecified atom stereocenters. The van der Waals surface area contributed by atoms with Gasteiger partial charge in [-0.2, -0.15) is 0 Å². The lowest BCUT2D eigenvalue weighted by Gasteiger charge is -2.15. The van der Waals surface area contributed by atoms with Crippen LogP contribution in [-0.4, -0.2) is 22.2 Å². The van der Waals surface area contributed by atoms with E-state index in [2.05, 4.69) is 0 Å². The molecular formula is C9H11ClN2O3. The Labute approximate surface area is 91.3 Å². The summed E-state index contributed by atoms with van der Waals surface area (Å²) in [6.45, 7) is 0. The largest absolute Gasteiger partial charge is 0.399 e. The molecule has 1 amide bonds. The number of halogens is 1. The van der Waals surface area contributed by atoms with Crippen molar-refractivity contribution in [1.29, 1.82) is 0 Å². The SMILES string of the molecule is NC(=O)C(O)C(O)c1cc(N)cc(Cl)c1. The number of aliphatic hydroxyl groups excluding tert-OH is 2. The molecule has 0 aromatic heterocycles. The highest BCUT2D eigenvalue weighted by Gasteiger charge is 2.23. The number of hydrogen-bond acceptors (Lipinski definition) is 4. The van der Waals surface area contributed by atoms with Gasteiger partial charge in [0.25, 0.3) is 0 Å². The van der Waals surface area contributed by atoms with Gasteiger partial charge in [0.15, 0.2) is 6.10 Å². The molecular weight excluding hydrogens is 220 g/mol. The van der Waals surface area contributed by atoms with Crippen molar-refractivity contribution >= 4 is 23.2 Å². The maximum Gasteiger partial charge on any atom is 0.249 e. The molecule has 15 heavy (non-hydrogen) atoms. The summed E-state index contributed by atoms with van der Waals surface area (Å²) < 4.78 is 0. The van der Waals surface area contributed by atoms with Crippen LogP contribution in [0.15, 0.2) is 18.2 Å². The fourth-order valence-corrected chi connectivity index (χ4v) is 1.40. The summed E-state index contributed by atoms with van der Waals surface area (Å²) in [7, 11) is 0. The molecule has 6 heteroatoms. The van der Waals surface area contributed by atoms with Crippen LogP contribution in [0.1, 0.15) is 11.7 Å². The average Bonchev–Trinajstić information content (AvgIpc) is 2.13. The number of primary amides is 1. The number of hydrogen-bond donors (Lipinski definition) is 4. The summed E-state index contributed by atoms with van der Waals surface area (Å²) in [5, 5.41) is 19.1. The number of anilines is 1. The Hall–Kier alpha value is -1.30. The predicted octanol–water partition coefficient (Wildman–Crippen LogP) is -0.198. The molecule has 0 aliphatic rings. The molecule has 0 saturated carbocycles. The molecule has 1 aromatic carbocycles. The maximum atomic E-state index is 10.6. The van der Waals surface area contributed by atoms with Crippen LogP contribution in [0.5, 0.6) is 0 Å². The van der Waals surface area contributed by atoms with E-state index >= 15 is 0 Å². The second-order valence-electron chi connectivity index (χ2n) is 3.11. The topological polar surface area (TPSA) is 110 Å². The number of benzene rings is 1. The smallest absolute Gasteiger partial charge is 0.249 e. The molecule has 1 rings (SSSR count). The van der Waals surface area contributed by atoms with Crippen molar-refractivity contribution in [2.45, 2.75) is 12.2 Å². The van der Waals surface area contributed by atoms with Crippen molar-refractivity contribution in [1.82, 2.24) is 0 Å². The maximum absolute atomic E-state index is 10.6. The zero-order valence-corrected chi connectivity index (χ0v) is 8.48. The minimum atomic E-state index is -1.68. The van der Waals surface area contributed by atoms with Gasteiger partial charge in [-0.05, 0) is 23.8 Å². The van der Waals surface area contributed by atoms with Gasteiger partial charge in [-0.15, -0.1) is 0 Å². The van der Waals surface area contributed by atoms with E-state index in [4.69, 9.17) is 23.1 Å². The molecule has 5 nitrogen and oxygen atoms in total. The van der Waals surface area contributed by atoms with Crippen LogP contribution in [0.25, 0.3) is 0 Å². The number of carbonyl (C=O) groups excluding carboxylic acids is 1. The number of aliphatic hydroxyl groups is 2. The van der Waals surface area contributed by atoms with Crippen molar-refractivity contribution < 1.29 is 15.0 Å². The van der Waals surface area contributed by atoms with E-state index in [1.165, 1.54) is 18.2 Å². The molecule has 0 saturated heterocycles. The number of nitrogens with two attached hydrogens (primary N) is 2. The van der Waals surface area contributed by atoms with E-state index < -0.39 is 18.1 Å². The van der Waals surface area contributed by atoms with Crippen molar-refractivity contribution in [2.75, 3.05) is 5.73 Å². The van der Waals surface area contributed by atoms with Crippen LogP contribution < -0.4 is 11.5 Å². The highest BCUT2D eigenvalue weighted by atomic mass is 35.5. The van der Waals surface area contributed by atoms with Crippen LogP contribution >= 0.6 is 11.6 Å². The summed E-state index contributed by atoms with van der Waals surface area (Å²) in [5.41, 5.74) is 10.9. The molecule has 0 radical (unpaired) electrons. The molecule has 0 bridgehead atoms. The number of rotatable bonds is 3. The Kier molecular flexibility index (Phi) is 3.52.